The van der Waals surface area contributed by atoms with Gasteiger partial charge in [0.1, 0.15) is 17.2 Å². The van der Waals surface area contributed by atoms with Gasteiger partial charge in [-0.25, -0.2) is 9.97 Å². The van der Waals surface area contributed by atoms with Crippen molar-refractivity contribution in [3.63, 3.8) is 0 Å². The number of aryl methyl sites for hydroxylation is 2. The van der Waals surface area contributed by atoms with Crippen LogP contribution in [0.15, 0.2) is 33.2 Å². The zero-order valence-electron chi connectivity index (χ0n) is 11.5. The van der Waals surface area contributed by atoms with Crippen molar-refractivity contribution in [2.75, 3.05) is 12.4 Å². The summed E-state index contributed by atoms with van der Waals surface area (Å²) in [5, 5.41) is 4.11. The second-order valence-electron chi connectivity index (χ2n) is 4.57. The molecule has 0 aliphatic heterocycles. The zero-order chi connectivity index (χ0) is 14.3. The summed E-state index contributed by atoms with van der Waals surface area (Å²) in [6.07, 6.45) is 0. The molecule has 0 unspecified atom stereocenters. The predicted octanol–water partition coefficient (Wildman–Crippen LogP) is 4.31. The van der Waals surface area contributed by atoms with Gasteiger partial charge < -0.3 is 9.73 Å². The van der Waals surface area contributed by atoms with Crippen LogP contribution in [0.4, 0.5) is 5.82 Å². The first kappa shape index (κ1) is 13.1. The Balaban J connectivity index is 2.31. The molecule has 1 N–H and O–H groups in total. The molecule has 0 radical (unpaired) electrons. The topological polar surface area (TPSA) is 51.0 Å². The first-order chi connectivity index (χ1) is 9.61. The molecule has 4 nitrogen and oxygen atoms in total. The molecule has 0 fully saturated rings. The van der Waals surface area contributed by atoms with Crippen LogP contribution in [0, 0.1) is 13.8 Å². The van der Waals surface area contributed by atoms with Gasteiger partial charge in [-0.2, -0.15) is 0 Å². The van der Waals surface area contributed by atoms with Crippen LogP contribution in [0.3, 0.4) is 0 Å². The molecule has 0 amide bonds. The molecule has 3 aromatic rings. The molecular weight excluding hydrogens is 318 g/mol. The Morgan fingerprint density at radius 1 is 1.15 bits per heavy atom. The van der Waals surface area contributed by atoms with Crippen LogP contribution in [-0.4, -0.2) is 17.0 Å². The predicted molar refractivity (Wildman–Crippen MR) is 84.0 cm³/mol. The van der Waals surface area contributed by atoms with Gasteiger partial charge in [0.05, 0.1) is 15.7 Å². The Morgan fingerprint density at radius 3 is 2.65 bits per heavy atom. The molecule has 0 aliphatic rings. The third-order valence-electron chi connectivity index (χ3n) is 3.25. The van der Waals surface area contributed by atoms with Crippen molar-refractivity contribution >= 4 is 32.7 Å². The number of benzene rings is 1. The van der Waals surface area contributed by atoms with E-state index >= 15 is 0 Å². The normalized spacial score (nSPS) is 11.0. The minimum Gasteiger partial charge on any atom is -0.461 e. The number of hydrogen-bond acceptors (Lipinski definition) is 4. The van der Waals surface area contributed by atoms with E-state index in [1.807, 2.05) is 45.2 Å². The number of aromatic nitrogens is 2. The van der Waals surface area contributed by atoms with Crippen LogP contribution in [-0.2, 0) is 0 Å². The van der Waals surface area contributed by atoms with Gasteiger partial charge in [0, 0.05) is 12.4 Å². The first-order valence-electron chi connectivity index (χ1n) is 6.32. The molecule has 0 saturated heterocycles. The molecule has 2 heterocycles. The molecule has 2 aromatic heterocycles. The summed E-state index contributed by atoms with van der Waals surface area (Å²) in [5.41, 5.74) is 2.70. The summed E-state index contributed by atoms with van der Waals surface area (Å²) in [4.78, 5) is 9.15. The van der Waals surface area contributed by atoms with Crippen LogP contribution in [0.5, 0.6) is 0 Å². The highest BCUT2D eigenvalue weighted by Gasteiger charge is 2.17. The van der Waals surface area contributed by atoms with Gasteiger partial charge in [-0.15, -0.1) is 0 Å². The number of nitrogens with one attached hydrogen (secondary N) is 1. The lowest BCUT2D eigenvalue weighted by atomic mass is 10.1. The molecule has 0 aliphatic carbocycles. The Kier molecular flexibility index (Phi) is 3.22. The van der Waals surface area contributed by atoms with Crippen LogP contribution >= 0.6 is 15.9 Å². The summed E-state index contributed by atoms with van der Waals surface area (Å²) < 4.78 is 6.67. The fraction of sp³-hybridized carbons (Fsp3) is 0.200. The van der Waals surface area contributed by atoms with Gasteiger partial charge in [-0.05, 0) is 35.8 Å². The van der Waals surface area contributed by atoms with E-state index < -0.39 is 0 Å². The third kappa shape index (κ3) is 1.98. The molecule has 102 valence electrons. The maximum atomic E-state index is 5.78. The number of nitrogens with zero attached hydrogens (tertiary/aromatic N) is 2. The quantitative estimate of drug-likeness (QED) is 0.760. The van der Waals surface area contributed by atoms with Gasteiger partial charge in [0.25, 0.3) is 0 Å². The van der Waals surface area contributed by atoms with Crippen molar-refractivity contribution in [2.24, 2.45) is 0 Å². The van der Waals surface area contributed by atoms with E-state index in [-0.39, 0.29) is 0 Å². The van der Waals surface area contributed by atoms with Crippen LogP contribution in [0.2, 0.25) is 0 Å². The van der Waals surface area contributed by atoms with E-state index in [2.05, 4.69) is 31.2 Å². The van der Waals surface area contributed by atoms with Crippen molar-refractivity contribution in [1.82, 2.24) is 9.97 Å². The summed E-state index contributed by atoms with van der Waals surface area (Å²) in [5.74, 6) is 2.28. The van der Waals surface area contributed by atoms with Gasteiger partial charge in [-0.1, -0.05) is 18.2 Å². The Bertz CT molecular complexity index is 795. The van der Waals surface area contributed by atoms with E-state index in [1.54, 1.807) is 0 Å². The van der Waals surface area contributed by atoms with Crippen molar-refractivity contribution in [2.45, 2.75) is 13.8 Å². The van der Waals surface area contributed by atoms with E-state index in [4.69, 9.17) is 4.42 Å². The van der Waals surface area contributed by atoms with Crippen LogP contribution in [0.1, 0.15) is 11.5 Å². The number of halogens is 1. The average molecular weight is 332 g/mol. The first-order valence-corrected chi connectivity index (χ1v) is 7.11. The van der Waals surface area contributed by atoms with E-state index in [0.717, 1.165) is 38.3 Å². The van der Waals surface area contributed by atoms with E-state index in [0.29, 0.717) is 5.82 Å². The Hall–Kier alpha value is -1.88. The molecule has 5 heteroatoms. The molecule has 1 aromatic carbocycles. The number of furan rings is 1. The zero-order valence-corrected chi connectivity index (χ0v) is 13.1. The second-order valence-corrected chi connectivity index (χ2v) is 5.37. The van der Waals surface area contributed by atoms with Gasteiger partial charge in [0.2, 0.25) is 0 Å². The molecular formula is C15H14BrN3O. The SMILES string of the molecule is CNc1nc(-c2c(C)oc3ccccc23)nc(C)c1Br. The standard InChI is InChI=1S/C15H14BrN3O/c1-8-13(16)15(17-3)19-14(18-8)12-9(2)20-11-7-5-4-6-10(11)12/h4-7H,1-3H3,(H,17,18,19). The number of fused-ring (bicyclic) bond motifs is 1. The second kappa shape index (κ2) is 4.90. The van der Waals surface area contributed by atoms with E-state index in [9.17, 15) is 0 Å². The van der Waals surface area contributed by atoms with Crippen LogP contribution < -0.4 is 5.32 Å². The number of para-hydroxylation sites is 1. The monoisotopic (exact) mass is 331 g/mol. The van der Waals surface area contributed by atoms with Crippen LogP contribution in [0.25, 0.3) is 22.4 Å². The van der Waals surface area contributed by atoms with Crippen molar-refractivity contribution in [1.29, 1.82) is 0 Å². The van der Waals surface area contributed by atoms with Crippen molar-refractivity contribution < 1.29 is 4.42 Å². The summed E-state index contributed by atoms with van der Waals surface area (Å²) >= 11 is 3.50. The lowest BCUT2D eigenvalue weighted by Crippen LogP contribution is -2.01. The number of hydrogen-bond donors (Lipinski definition) is 1. The minimum atomic E-state index is 0.678. The van der Waals surface area contributed by atoms with Gasteiger partial charge >= 0.3 is 0 Å². The van der Waals surface area contributed by atoms with Crippen molar-refractivity contribution in [3.8, 4) is 11.4 Å². The third-order valence-corrected chi connectivity index (χ3v) is 4.20. The molecule has 0 atom stereocenters. The fourth-order valence-corrected chi connectivity index (χ4v) is 2.66. The summed E-state index contributed by atoms with van der Waals surface area (Å²) in [6.45, 7) is 3.89. The highest BCUT2D eigenvalue weighted by Crippen LogP contribution is 2.34. The highest BCUT2D eigenvalue weighted by atomic mass is 79.9. The lowest BCUT2D eigenvalue weighted by Gasteiger charge is -2.08. The lowest BCUT2D eigenvalue weighted by molar-refractivity contribution is 0.579. The average Bonchev–Trinajstić information content (AvgIpc) is 2.77. The summed E-state index contributed by atoms with van der Waals surface area (Å²) in [6, 6.07) is 7.94. The fourth-order valence-electron chi connectivity index (χ4n) is 2.28. The maximum absolute atomic E-state index is 5.78. The minimum absolute atomic E-state index is 0.678. The highest BCUT2D eigenvalue weighted by molar-refractivity contribution is 9.10. The Labute approximate surface area is 125 Å². The Morgan fingerprint density at radius 2 is 1.90 bits per heavy atom. The maximum Gasteiger partial charge on any atom is 0.165 e. The smallest absolute Gasteiger partial charge is 0.165 e. The molecule has 3 rings (SSSR count). The van der Waals surface area contributed by atoms with Crippen molar-refractivity contribution in [3.05, 3.63) is 40.2 Å². The molecule has 0 saturated carbocycles. The molecule has 20 heavy (non-hydrogen) atoms. The summed E-state index contributed by atoms with van der Waals surface area (Å²) in [7, 11) is 1.84. The van der Waals surface area contributed by atoms with E-state index in [1.165, 1.54) is 0 Å². The van der Waals surface area contributed by atoms with Gasteiger partial charge in [-0.3, -0.25) is 0 Å². The molecule has 0 spiro atoms. The largest absolute Gasteiger partial charge is 0.461 e. The number of anilines is 1. The number of rotatable bonds is 2. The van der Waals surface area contributed by atoms with Gasteiger partial charge in [0.15, 0.2) is 5.82 Å². The molecule has 0 bridgehead atoms.